The van der Waals surface area contributed by atoms with Gasteiger partial charge in [-0.3, -0.25) is 0 Å². The molecule has 0 heterocycles. The van der Waals surface area contributed by atoms with Gasteiger partial charge in [-0.15, -0.1) is 0 Å². The summed E-state index contributed by atoms with van der Waals surface area (Å²) in [6.45, 7) is 2.26. The number of hydrogen-bond acceptors (Lipinski definition) is 2. The summed E-state index contributed by atoms with van der Waals surface area (Å²) in [6.07, 6.45) is 4.70. The second-order valence-corrected chi connectivity index (χ2v) is 6.46. The fourth-order valence-corrected chi connectivity index (χ4v) is 3.12. The minimum atomic E-state index is -0.555. The van der Waals surface area contributed by atoms with Gasteiger partial charge < -0.3 is 9.84 Å². The molecule has 18 heavy (non-hydrogen) atoms. The Hall–Kier alpha value is -0.540. The van der Waals surface area contributed by atoms with Crippen LogP contribution in [-0.2, 0) is 6.42 Å². The van der Waals surface area contributed by atoms with Gasteiger partial charge in [0.2, 0.25) is 0 Å². The number of aliphatic hydroxyl groups is 1. The maximum absolute atomic E-state index is 10.7. The third-order valence-corrected chi connectivity index (χ3v) is 4.46. The Morgan fingerprint density at radius 1 is 1.39 bits per heavy atom. The van der Waals surface area contributed by atoms with E-state index in [4.69, 9.17) is 4.74 Å². The van der Waals surface area contributed by atoms with Gasteiger partial charge >= 0.3 is 0 Å². The summed E-state index contributed by atoms with van der Waals surface area (Å²) >= 11 is 3.48. The van der Waals surface area contributed by atoms with Crippen LogP contribution in [0.3, 0.4) is 0 Å². The average molecular weight is 313 g/mol. The van der Waals surface area contributed by atoms with E-state index in [1.165, 1.54) is 0 Å². The van der Waals surface area contributed by atoms with Crippen molar-refractivity contribution in [3.05, 3.63) is 28.2 Å². The summed E-state index contributed by atoms with van der Waals surface area (Å²) in [4.78, 5) is 0. The van der Waals surface area contributed by atoms with Gasteiger partial charge in [0.15, 0.2) is 0 Å². The van der Waals surface area contributed by atoms with E-state index < -0.39 is 5.60 Å². The molecule has 1 N–H and O–H groups in total. The lowest BCUT2D eigenvalue weighted by Crippen LogP contribution is -2.35. The van der Waals surface area contributed by atoms with Crippen LogP contribution in [0.15, 0.2) is 22.7 Å². The van der Waals surface area contributed by atoms with Crippen molar-refractivity contribution < 1.29 is 9.84 Å². The minimum absolute atomic E-state index is 0.555. The molecule has 3 heteroatoms. The van der Waals surface area contributed by atoms with E-state index in [1.54, 1.807) is 7.11 Å². The lowest BCUT2D eigenvalue weighted by molar-refractivity contribution is -0.00708. The predicted octanol–water partition coefficient (Wildman–Crippen LogP) is 3.94. The lowest BCUT2D eigenvalue weighted by atomic mass is 9.76. The molecule has 2 rings (SSSR count). The highest BCUT2D eigenvalue weighted by Gasteiger charge is 2.32. The molecule has 1 fully saturated rings. The first-order valence-corrected chi connectivity index (χ1v) is 7.36. The highest BCUT2D eigenvalue weighted by atomic mass is 79.9. The van der Waals surface area contributed by atoms with Crippen LogP contribution < -0.4 is 4.74 Å². The summed E-state index contributed by atoms with van der Waals surface area (Å²) in [5, 5.41) is 10.7. The minimum Gasteiger partial charge on any atom is -0.496 e. The molecule has 1 saturated carbocycles. The highest BCUT2D eigenvalue weighted by molar-refractivity contribution is 9.10. The molecule has 0 amide bonds. The van der Waals surface area contributed by atoms with Gasteiger partial charge in [-0.05, 0) is 55.4 Å². The molecule has 0 spiro atoms. The standard InChI is InChI=1S/C15H21BrO2/c1-11-5-7-15(17,8-6-11)10-12-9-13(16)3-4-14(12)18-2/h3-4,9,11,17H,5-8,10H2,1-2H3. The zero-order chi connectivity index (χ0) is 13.2. The molecule has 1 aliphatic carbocycles. The number of benzene rings is 1. The normalized spacial score (nSPS) is 28.1. The molecule has 0 atom stereocenters. The van der Waals surface area contributed by atoms with Crippen molar-refractivity contribution in [1.82, 2.24) is 0 Å². The first-order chi connectivity index (χ1) is 8.52. The predicted molar refractivity (Wildman–Crippen MR) is 77.0 cm³/mol. The Bertz CT molecular complexity index is 409. The molecule has 0 bridgehead atoms. The second-order valence-electron chi connectivity index (χ2n) is 5.54. The number of rotatable bonds is 3. The van der Waals surface area contributed by atoms with E-state index in [9.17, 15) is 5.11 Å². The molecule has 2 nitrogen and oxygen atoms in total. The van der Waals surface area contributed by atoms with Crippen molar-refractivity contribution in [1.29, 1.82) is 0 Å². The highest BCUT2D eigenvalue weighted by Crippen LogP contribution is 2.36. The molecule has 0 saturated heterocycles. The van der Waals surface area contributed by atoms with Crippen LogP contribution in [0.2, 0.25) is 0 Å². The zero-order valence-electron chi connectivity index (χ0n) is 11.1. The molecule has 0 radical (unpaired) electrons. The van der Waals surface area contributed by atoms with Gasteiger partial charge in [0.05, 0.1) is 12.7 Å². The first kappa shape index (κ1) is 13.9. The lowest BCUT2D eigenvalue weighted by Gasteiger charge is -2.35. The number of hydrogen-bond donors (Lipinski definition) is 1. The summed E-state index contributed by atoms with van der Waals surface area (Å²) in [6, 6.07) is 5.97. The summed E-state index contributed by atoms with van der Waals surface area (Å²) in [5.41, 5.74) is 0.532. The third kappa shape index (κ3) is 3.27. The first-order valence-electron chi connectivity index (χ1n) is 6.57. The van der Waals surface area contributed by atoms with Crippen molar-refractivity contribution >= 4 is 15.9 Å². The van der Waals surface area contributed by atoms with E-state index in [0.29, 0.717) is 6.42 Å². The maximum atomic E-state index is 10.7. The average Bonchev–Trinajstić information content (AvgIpc) is 2.34. The fourth-order valence-electron chi connectivity index (χ4n) is 2.72. The fraction of sp³-hybridized carbons (Fsp3) is 0.600. The molecular weight excluding hydrogens is 292 g/mol. The number of methoxy groups -OCH3 is 1. The Kier molecular flexibility index (Phi) is 4.33. The van der Waals surface area contributed by atoms with E-state index in [2.05, 4.69) is 28.9 Å². The van der Waals surface area contributed by atoms with E-state index >= 15 is 0 Å². The Morgan fingerprint density at radius 3 is 2.67 bits per heavy atom. The molecule has 1 aromatic rings. The van der Waals surface area contributed by atoms with Crippen LogP contribution >= 0.6 is 15.9 Å². The SMILES string of the molecule is COc1ccc(Br)cc1CC1(O)CCC(C)CC1. The molecule has 1 aromatic carbocycles. The van der Waals surface area contributed by atoms with Crippen LogP contribution in [0, 0.1) is 5.92 Å². The van der Waals surface area contributed by atoms with E-state index in [1.807, 2.05) is 12.1 Å². The summed E-state index contributed by atoms with van der Waals surface area (Å²) in [7, 11) is 1.68. The zero-order valence-corrected chi connectivity index (χ0v) is 12.7. The largest absolute Gasteiger partial charge is 0.496 e. The van der Waals surface area contributed by atoms with E-state index in [0.717, 1.165) is 47.4 Å². The molecule has 1 aliphatic rings. The molecule has 0 unspecified atom stereocenters. The monoisotopic (exact) mass is 312 g/mol. The topological polar surface area (TPSA) is 29.5 Å². The molecular formula is C15H21BrO2. The molecule has 0 aromatic heterocycles. The Labute approximate surface area is 117 Å². The van der Waals surface area contributed by atoms with Crippen molar-refractivity contribution in [2.24, 2.45) is 5.92 Å². The third-order valence-electron chi connectivity index (χ3n) is 3.97. The van der Waals surface area contributed by atoms with Crippen LogP contribution in [0.25, 0.3) is 0 Å². The summed E-state index contributed by atoms with van der Waals surface area (Å²) < 4.78 is 6.41. The van der Waals surface area contributed by atoms with Gasteiger partial charge in [-0.2, -0.15) is 0 Å². The van der Waals surface area contributed by atoms with Gasteiger partial charge in [-0.25, -0.2) is 0 Å². The van der Waals surface area contributed by atoms with Gasteiger partial charge in [0.25, 0.3) is 0 Å². The second kappa shape index (κ2) is 5.62. The smallest absolute Gasteiger partial charge is 0.122 e. The molecule has 100 valence electrons. The van der Waals surface area contributed by atoms with Crippen molar-refractivity contribution in [3.63, 3.8) is 0 Å². The van der Waals surface area contributed by atoms with E-state index in [-0.39, 0.29) is 0 Å². The van der Waals surface area contributed by atoms with Crippen molar-refractivity contribution in [2.75, 3.05) is 7.11 Å². The van der Waals surface area contributed by atoms with Crippen LogP contribution in [0.5, 0.6) is 5.75 Å². The Morgan fingerprint density at radius 2 is 2.06 bits per heavy atom. The van der Waals surface area contributed by atoms with Crippen molar-refractivity contribution in [3.8, 4) is 5.75 Å². The van der Waals surface area contributed by atoms with Crippen LogP contribution in [0.4, 0.5) is 0 Å². The quantitative estimate of drug-likeness (QED) is 0.916. The van der Waals surface area contributed by atoms with Crippen LogP contribution in [0.1, 0.15) is 38.2 Å². The Balaban J connectivity index is 2.15. The van der Waals surface area contributed by atoms with Gasteiger partial charge in [0.1, 0.15) is 5.75 Å². The van der Waals surface area contributed by atoms with Crippen molar-refractivity contribution in [2.45, 2.75) is 44.6 Å². The summed E-state index contributed by atoms with van der Waals surface area (Å²) in [5.74, 6) is 1.61. The maximum Gasteiger partial charge on any atom is 0.122 e. The van der Waals surface area contributed by atoms with Gasteiger partial charge in [-0.1, -0.05) is 22.9 Å². The molecule has 0 aliphatic heterocycles. The van der Waals surface area contributed by atoms with Crippen LogP contribution in [-0.4, -0.2) is 17.8 Å². The van der Waals surface area contributed by atoms with Gasteiger partial charge in [0, 0.05) is 10.9 Å². The number of halogens is 1. The number of ether oxygens (including phenoxy) is 1.